The first-order valence-electron chi connectivity index (χ1n) is 6.14. The number of thiazole rings is 1. The molecule has 2 aromatic rings. The van der Waals surface area contributed by atoms with Gasteiger partial charge in [-0.1, -0.05) is 6.07 Å². The van der Waals surface area contributed by atoms with Crippen LogP contribution in [-0.2, 0) is 6.54 Å². The summed E-state index contributed by atoms with van der Waals surface area (Å²) in [4.78, 5) is 6.24. The minimum absolute atomic E-state index is 0.157. The summed E-state index contributed by atoms with van der Waals surface area (Å²) in [6.45, 7) is 4.40. The summed E-state index contributed by atoms with van der Waals surface area (Å²) >= 11 is 1.60. The van der Waals surface area contributed by atoms with Crippen molar-refractivity contribution in [2.45, 2.75) is 26.4 Å². The van der Waals surface area contributed by atoms with Gasteiger partial charge in [-0.25, -0.2) is 9.37 Å². The second kappa shape index (κ2) is 5.67. The van der Waals surface area contributed by atoms with Crippen LogP contribution >= 0.6 is 11.3 Å². The molecule has 2 rings (SSSR count). The Morgan fingerprint density at radius 3 is 2.74 bits per heavy atom. The molecule has 5 heteroatoms. The summed E-state index contributed by atoms with van der Waals surface area (Å²) in [6, 6.07) is 4.98. The number of aromatic nitrogens is 1. The summed E-state index contributed by atoms with van der Waals surface area (Å²) in [6.07, 6.45) is 0. The van der Waals surface area contributed by atoms with Crippen molar-refractivity contribution < 1.29 is 4.39 Å². The van der Waals surface area contributed by atoms with Gasteiger partial charge in [0.25, 0.3) is 0 Å². The van der Waals surface area contributed by atoms with E-state index in [-0.39, 0.29) is 11.9 Å². The highest BCUT2D eigenvalue weighted by atomic mass is 32.1. The minimum Gasteiger partial charge on any atom is -0.366 e. The molecule has 0 aliphatic carbocycles. The first kappa shape index (κ1) is 14.0. The molecule has 1 aromatic heterocycles. The summed E-state index contributed by atoms with van der Waals surface area (Å²) in [7, 11) is 1.86. The summed E-state index contributed by atoms with van der Waals surface area (Å²) in [5, 5.41) is 3.02. The normalized spacial score (nSPS) is 12.5. The Bertz CT molecular complexity index is 566. The molecule has 0 radical (unpaired) electrons. The maximum atomic E-state index is 14.1. The van der Waals surface area contributed by atoms with Gasteiger partial charge >= 0.3 is 0 Å². The third kappa shape index (κ3) is 3.30. The number of aryl methyl sites for hydroxylation is 1. The van der Waals surface area contributed by atoms with Crippen molar-refractivity contribution in [3.63, 3.8) is 0 Å². The number of nitrogens with zero attached hydrogens (tertiary/aromatic N) is 2. The van der Waals surface area contributed by atoms with Crippen molar-refractivity contribution in [2.24, 2.45) is 5.73 Å². The molecule has 0 amide bonds. The van der Waals surface area contributed by atoms with Crippen LogP contribution in [0.25, 0.3) is 0 Å². The standard InChI is InChI=1S/C14H18FN3S/c1-9(16)11-4-5-14(13(15)6-11)18(3)7-12-8-19-10(2)17-12/h4-6,8-9H,7,16H2,1-3H3/t9-/m0/s1. The number of nitrogens with two attached hydrogens (primary N) is 1. The SMILES string of the molecule is Cc1nc(CN(C)c2ccc([C@H](C)N)cc2F)cs1. The van der Waals surface area contributed by atoms with Crippen molar-refractivity contribution in [1.29, 1.82) is 0 Å². The number of benzene rings is 1. The smallest absolute Gasteiger partial charge is 0.146 e. The summed E-state index contributed by atoms with van der Waals surface area (Å²) in [5.74, 6) is -0.246. The van der Waals surface area contributed by atoms with Crippen molar-refractivity contribution >= 4 is 17.0 Å². The lowest BCUT2D eigenvalue weighted by atomic mass is 10.1. The van der Waals surface area contributed by atoms with Gasteiger partial charge in [0.15, 0.2) is 0 Å². The molecule has 0 saturated carbocycles. The number of hydrogen-bond acceptors (Lipinski definition) is 4. The van der Waals surface area contributed by atoms with Gasteiger partial charge in [0.1, 0.15) is 5.82 Å². The lowest BCUT2D eigenvalue weighted by Crippen LogP contribution is -2.18. The Hall–Kier alpha value is -1.46. The number of rotatable bonds is 4. The van der Waals surface area contributed by atoms with E-state index in [1.807, 2.05) is 37.2 Å². The largest absolute Gasteiger partial charge is 0.366 e. The Kier molecular flexibility index (Phi) is 4.17. The molecule has 0 bridgehead atoms. The fourth-order valence-electron chi connectivity index (χ4n) is 1.92. The zero-order valence-electron chi connectivity index (χ0n) is 11.4. The quantitative estimate of drug-likeness (QED) is 0.934. The zero-order chi connectivity index (χ0) is 14.0. The maximum absolute atomic E-state index is 14.1. The number of anilines is 1. The topological polar surface area (TPSA) is 42.2 Å². The predicted molar refractivity (Wildman–Crippen MR) is 78.0 cm³/mol. The Labute approximate surface area is 116 Å². The van der Waals surface area contributed by atoms with E-state index in [1.54, 1.807) is 17.4 Å². The Balaban J connectivity index is 2.17. The molecule has 2 N–H and O–H groups in total. The molecular formula is C14H18FN3S. The van der Waals surface area contributed by atoms with Crippen LogP contribution < -0.4 is 10.6 Å². The van der Waals surface area contributed by atoms with Crippen LogP contribution in [0.4, 0.5) is 10.1 Å². The summed E-state index contributed by atoms with van der Waals surface area (Å²) < 4.78 is 14.1. The van der Waals surface area contributed by atoms with E-state index < -0.39 is 0 Å². The van der Waals surface area contributed by atoms with Crippen molar-refractivity contribution in [1.82, 2.24) is 4.98 Å². The highest BCUT2D eigenvalue weighted by molar-refractivity contribution is 7.09. The lowest BCUT2D eigenvalue weighted by Gasteiger charge is -2.19. The first-order chi connectivity index (χ1) is 8.97. The molecular weight excluding hydrogens is 261 g/mol. The molecule has 19 heavy (non-hydrogen) atoms. The second-order valence-electron chi connectivity index (χ2n) is 4.71. The molecule has 1 atom stereocenters. The number of halogens is 1. The summed E-state index contributed by atoms with van der Waals surface area (Å²) in [5.41, 5.74) is 8.07. The molecule has 3 nitrogen and oxygen atoms in total. The van der Waals surface area contributed by atoms with Crippen molar-refractivity contribution in [2.75, 3.05) is 11.9 Å². The molecule has 0 spiro atoms. The van der Waals surface area contributed by atoms with Gasteiger partial charge in [0.2, 0.25) is 0 Å². The van der Waals surface area contributed by atoms with Gasteiger partial charge < -0.3 is 10.6 Å². The highest BCUT2D eigenvalue weighted by Crippen LogP contribution is 2.23. The van der Waals surface area contributed by atoms with Crippen LogP contribution in [0, 0.1) is 12.7 Å². The van der Waals surface area contributed by atoms with E-state index >= 15 is 0 Å². The zero-order valence-corrected chi connectivity index (χ0v) is 12.2. The Morgan fingerprint density at radius 1 is 1.47 bits per heavy atom. The van der Waals surface area contributed by atoms with Gasteiger partial charge in [-0.2, -0.15) is 0 Å². The molecule has 1 aromatic carbocycles. The van der Waals surface area contributed by atoms with Crippen LogP contribution in [0.15, 0.2) is 23.6 Å². The van der Waals surface area contributed by atoms with E-state index in [0.29, 0.717) is 12.2 Å². The van der Waals surface area contributed by atoms with Gasteiger partial charge in [-0.3, -0.25) is 0 Å². The maximum Gasteiger partial charge on any atom is 0.146 e. The van der Waals surface area contributed by atoms with Crippen molar-refractivity contribution in [3.8, 4) is 0 Å². The average molecular weight is 279 g/mol. The molecule has 1 heterocycles. The first-order valence-corrected chi connectivity index (χ1v) is 7.02. The van der Waals surface area contributed by atoms with Gasteiger partial charge in [0, 0.05) is 18.5 Å². The van der Waals surface area contributed by atoms with E-state index in [0.717, 1.165) is 16.3 Å². The predicted octanol–water partition coefficient (Wildman–Crippen LogP) is 3.25. The third-order valence-corrected chi connectivity index (χ3v) is 3.80. The fourth-order valence-corrected chi connectivity index (χ4v) is 2.53. The van der Waals surface area contributed by atoms with Gasteiger partial charge in [-0.05, 0) is 31.5 Å². The Morgan fingerprint density at radius 2 is 2.21 bits per heavy atom. The molecule has 0 fully saturated rings. The van der Waals surface area contributed by atoms with Gasteiger partial charge in [0.05, 0.1) is 22.9 Å². The van der Waals surface area contributed by atoms with Crippen LogP contribution in [0.2, 0.25) is 0 Å². The van der Waals surface area contributed by atoms with Crippen LogP contribution in [0.1, 0.15) is 29.2 Å². The highest BCUT2D eigenvalue weighted by Gasteiger charge is 2.11. The molecule has 0 aliphatic heterocycles. The average Bonchev–Trinajstić information content (AvgIpc) is 2.74. The van der Waals surface area contributed by atoms with E-state index in [9.17, 15) is 4.39 Å². The lowest BCUT2D eigenvalue weighted by molar-refractivity contribution is 0.616. The van der Waals surface area contributed by atoms with Crippen LogP contribution in [0.5, 0.6) is 0 Å². The molecule has 0 saturated heterocycles. The van der Waals surface area contributed by atoms with E-state index in [1.165, 1.54) is 6.07 Å². The molecule has 0 unspecified atom stereocenters. The van der Waals surface area contributed by atoms with E-state index in [4.69, 9.17) is 5.73 Å². The van der Waals surface area contributed by atoms with Crippen LogP contribution in [0.3, 0.4) is 0 Å². The van der Waals surface area contributed by atoms with E-state index in [2.05, 4.69) is 4.98 Å². The number of hydrogen-bond donors (Lipinski definition) is 1. The second-order valence-corrected chi connectivity index (χ2v) is 5.78. The van der Waals surface area contributed by atoms with Crippen molar-refractivity contribution in [3.05, 3.63) is 45.7 Å². The fraction of sp³-hybridized carbons (Fsp3) is 0.357. The monoisotopic (exact) mass is 279 g/mol. The van der Waals surface area contributed by atoms with Crippen LogP contribution in [-0.4, -0.2) is 12.0 Å². The van der Waals surface area contributed by atoms with Gasteiger partial charge in [-0.15, -0.1) is 11.3 Å². The molecule has 102 valence electrons. The minimum atomic E-state index is -0.246. The molecule has 0 aliphatic rings. The third-order valence-electron chi connectivity index (χ3n) is 2.97.